The number of rotatable bonds is 6. The van der Waals surface area contributed by atoms with E-state index in [2.05, 4.69) is 59.8 Å². The first kappa shape index (κ1) is 19.5. The highest BCUT2D eigenvalue weighted by Gasteiger charge is 2.00. The van der Waals surface area contributed by atoms with Gasteiger partial charge in [-0.05, 0) is 32.8 Å². The molecule has 6 heteroatoms. The van der Waals surface area contributed by atoms with Crippen molar-refractivity contribution in [1.82, 2.24) is 15.8 Å². The van der Waals surface area contributed by atoms with Gasteiger partial charge in [-0.25, -0.2) is 4.99 Å². The van der Waals surface area contributed by atoms with Crippen molar-refractivity contribution in [3.8, 4) is 0 Å². The zero-order chi connectivity index (χ0) is 15.8. The molecule has 23 heavy (non-hydrogen) atoms. The predicted molar refractivity (Wildman–Crippen MR) is 104 cm³/mol. The zero-order valence-electron chi connectivity index (χ0n) is 13.9. The molecule has 2 rings (SSSR count). The summed E-state index contributed by atoms with van der Waals surface area (Å²) in [6.07, 6.45) is 2.53. The number of guanidine groups is 1. The van der Waals surface area contributed by atoms with Crippen molar-refractivity contribution in [3.05, 3.63) is 52.9 Å². The lowest BCUT2D eigenvalue weighted by Gasteiger charge is -2.11. The van der Waals surface area contributed by atoms with E-state index in [4.69, 9.17) is 4.52 Å². The number of nitrogens with one attached hydrogen (secondary N) is 2. The molecule has 0 aliphatic heterocycles. The second kappa shape index (κ2) is 10.3. The first-order valence-corrected chi connectivity index (χ1v) is 7.66. The van der Waals surface area contributed by atoms with Crippen LogP contribution in [0.5, 0.6) is 0 Å². The van der Waals surface area contributed by atoms with Gasteiger partial charge < -0.3 is 15.2 Å². The van der Waals surface area contributed by atoms with E-state index in [1.54, 1.807) is 6.26 Å². The van der Waals surface area contributed by atoms with Crippen LogP contribution in [0.4, 0.5) is 0 Å². The average Bonchev–Trinajstić information content (AvgIpc) is 2.97. The Bertz CT molecular complexity index is 591. The molecule has 5 nitrogen and oxygen atoms in total. The van der Waals surface area contributed by atoms with Gasteiger partial charge in [0.05, 0.1) is 6.54 Å². The number of benzene rings is 1. The van der Waals surface area contributed by atoms with E-state index < -0.39 is 0 Å². The molecular formula is C17H25IN4O. The molecule has 2 aromatic rings. The Morgan fingerprint density at radius 2 is 1.91 bits per heavy atom. The molecule has 0 atom stereocenters. The quantitative estimate of drug-likeness (QED) is 0.422. The van der Waals surface area contributed by atoms with Crippen LogP contribution < -0.4 is 10.6 Å². The van der Waals surface area contributed by atoms with Crippen LogP contribution in [0.3, 0.4) is 0 Å². The molecule has 0 fully saturated rings. The van der Waals surface area contributed by atoms with Gasteiger partial charge in [-0.3, -0.25) is 0 Å². The van der Waals surface area contributed by atoms with Crippen LogP contribution in [0.25, 0.3) is 0 Å². The highest BCUT2D eigenvalue weighted by molar-refractivity contribution is 14.0. The first-order valence-electron chi connectivity index (χ1n) is 7.66. The Hall–Kier alpha value is -1.57. The Kier molecular flexibility index (Phi) is 8.68. The van der Waals surface area contributed by atoms with Crippen molar-refractivity contribution in [1.29, 1.82) is 0 Å². The number of hydrogen-bond donors (Lipinski definition) is 2. The fourth-order valence-corrected chi connectivity index (χ4v) is 2.36. The smallest absolute Gasteiger partial charge is 0.191 e. The van der Waals surface area contributed by atoms with Crippen molar-refractivity contribution < 1.29 is 4.52 Å². The van der Waals surface area contributed by atoms with Crippen molar-refractivity contribution in [3.63, 3.8) is 0 Å². The molecule has 1 aromatic carbocycles. The molecule has 1 aromatic heterocycles. The number of hydrogen-bond acceptors (Lipinski definition) is 3. The molecule has 0 aliphatic carbocycles. The maximum atomic E-state index is 4.81. The van der Waals surface area contributed by atoms with Crippen LogP contribution >= 0.6 is 24.0 Å². The standard InChI is InChI=1S/C17H24N4O.HI/c1-4-18-17(20-12-16-6-8-22-21-16)19-7-5-15-10-13(2)9-14(3)11-15;/h6,8-11H,4-5,7,12H2,1-3H3,(H2,18,19,20);1H. The molecule has 0 saturated heterocycles. The lowest BCUT2D eigenvalue weighted by Crippen LogP contribution is -2.38. The third-order valence-corrected chi connectivity index (χ3v) is 3.22. The topological polar surface area (TPSA) is 62.5 Å². The lowest BCUT2D eigenvalue weighted by molar-refractivity contribution is 0.412. The molecule has 0 bridgehead atoms. The molecular weight excluding hydrogens is 403 g/mol. The molecule has 126 valence electrons. The highest BCUT2D eigenvalue weighted by Crippen LogP contribution is 2.08. The van der Waals surface area contributed by atoms with Crippen LogP contribution in [-0.4, -0.2) is 24.2 Å². The summed E-state index contributed by atoms with van der Waals surface area (Å²) in [6, 6.07) is 8.48. The fraction of sp³-hybridized carbons (Fsp3) is 0.412. The summed E-state index contributed by atoms with van der Waals surface area (Å²) in [5.41, 5.74) is 4.78. The van der Waals surface area contributed by atoms with Gasteiger partial charge in [-0.2, -0.15) is 0 Å². The van der Waals surface area contributed by atoms with Gasteiger partial charge in [0, 0.05) is 19.2 Å². The summed E-state index contributed by atoms with van der Waals surface area (Å²) < 4.78 is 4.81. The van der Waals surface area contributed by atoms with Gasteiger partial charge in [0.1, 0.15) is 12.0 Å². The van der Waals surface area contributed by atoms with Crippen LogP contribution in [0.2, 0.25) is 0 Å². The molecule has 0 aliphatic rings. The summed E-state index contributed by atoms with van der Waals surface area (Å²) in [5, 5.41) is 10.4. The minimum Gasteiger partial charge on any atom is -0.364 e. The lowest BCUT2D eigenvalue weighted by atomic mass is 10.1. The molecule has 0 unspecified atom stereocenters. The number of halogens is 1. The van der Waals surface area contributed by atoms with Crippen molar-refractivity contribution in [2.45, 2.75) is 33.7 Å². The van der Waals surface area contributed by atoms with E-state index in [-0.39, 0.29) is 24.0 Å². The zero-order valence-corrected chi connectivity index (χ0v) is 16.3. The number of aliphatic imine (C=N–C) groups is 1. The second-order valence-electron chi connectivity index (χ2n) is 5.36. The number of nitrogens with zero attached hydrogens (tertiary/aromatic N) is 2. The van der Waals surface area contributed by atoms with Gasteiger partial charge in [-0.1, -0.05) is 34.5 Å². The summed E-state index contributed by atoms with van der Waals surface area (Å²) in [5.74, 6) is 0.801. The Morgan fingerprint density at radius 3 is 2.52 bits per heavy atom. The van der Waals surface area contributed by atoms with Crippen LogP contribution in [0.15, 0.2) is 40.0 Å². The van der Waals surface area contributed by atoms with Crippen LogP contribution in [-0.2, 0) is 13.0 Å². The molecule has 0 saturated carbocycles. The third kappa shape index (κ3) is 7.02. The normalized spacial score (nSPS) is 11.0. The van der Waals surface area contributed by atoms with Crippen LogP contribution in [0, 0.1) is 13.8 Å². The van der Waals surface area contributed by atoms with E-state index in [0.717, 1.165) is 31.2 Å². The minimum atomic E-state index is 0. The largest absolute Gasteiger partial charge is 0.364 e. The second-order valence-corrected chi connectivity index (χ2v) is 5.36. The average molecular weight is 428 g/mol. The van der Waals surface area contributed by atoms with E-state index in [9.17, 15) is 0 Å². The fourth-order valence-electron chi connectivity index (χ4n) is 2.36. The van der Waals surface area contributed by atoms with Crippen LogP contribution in [0.1, 0.15) is 29.3 Å². The van der Waals surface area contributed by atoms with E-state index in [1.807, 2.05) is 6.07 Å². The van der Waals surface area contributed by atoms with Gasteiger partial charge in [0.25, 0.3) is 0 Å². The van der Waals surface area contributed by atoms with E-state index >= 15 is 0 Å². The van der Waals surface area contributed by atoms with E-state index in [0.29, 0.717) is 6.54 Å². The molecule has 0 spiro atoms. The van der Waals surface area contributed by atoms with Crippen molar-refractivity contribution in [2.24, 2.45) is 4.99 Å². The SMILES string of the molecule is CCNC(=NCc1ccon1)NCCc1cc(C)cc(C)c1.I. The van der Waals surface area contributed by atoms with Gasteiger partial charge in [0.2, 0.25) is 0 Å². The number of aryl methyl sites for hydroxylation is 2. The Labute approximate surface area is 155 Å². The Morgan fingerprint density at radius 1 is 1.17 bits per heavy atom. The van der Waals surface area contributed by atoms with Gasteiger partial charge >= 0.3 is 0 Å². The number of aromatic nitrogens is 1. The Balaban J connectivity index is 0.00000264. The maximum absolute atomic E-state index is 4.81. The molecule has 2 N–H and O–H groups in total. The predicted octanol–water partition coefficient (Wildman–Crippen LogP) is 3.21. The summed E-state index contributed by atoms with van der Waals surface area (Å²) >= 11 is 0. The summed E-state index contributed by atoms with van der Waals surface area (Å²) in [4.78, 5) is 4.49. The molecule has 0 radical (unpaired) electrons. The minimum absolute atomic E-state index is 0. The van der Waals surface area contributed by atoms with Crippen molar-refractivity contribution >= 4 is 29.9 Å². The summed E-state index contributed by atoms with van der Waals surface area (Å²) in [7, 11) is 0. The van der Waals surface area contributed by atoms with Gasteiger partial charge in [0.15, 0.2) is 5.96 Å². The molecule has 1 heterocycles. The van der Waals surface area contributed by atoms with Crippen molar-refractivity contribution in [2.75, 3.05) is 13.1 Å². The monoisotopic (exact) mass is 428 g/mol. The summed E-state index contributed by atoms with van der Waals surface area (Å²) in [6.45, 7) is 8.50. The third-order valence-electron chi connectivity index (χ3n) is 3.22. The highest BCUT2D eigenvalue weighted by atomic mass is 127. The van der Waals surface area contributed by atoms with E-state index in [1.165, 1.54) is 16.7 Å². The molecule has 0 amide bonds. The van der Waals surface area contributed by atoms with Gasteiger partial charge in [-0.15, -0.1) is 24.0 Å². The first-order chi connectivity index (χ1) is 10.7. The maximum Gasteiger partial charge on any atom is 0.191 e.